The van der Waals surface area contributed by atoms with E-state index in [4.69, 9.17) is 4.74 Å². The fraction of sp³-hybridized carbons (Fsp3) is 0.235. The summed E-state index contributed by atoms with van der Waals surface area (Å²) in [5.74, 6) is -0.377. The molecule has 1 amide bonds. The molecule has 128 valence electrons. The Labute approximate surface area is 140 Å². The van der Waals surface area contributed by atoms with E-state index in [0.29, 0.717) is 18.8 Å². The monoisotopic (exact) mass is 351 g/mol. The first-order valence-electron chi connectivity index (χ1n) is 7.33. The molecule has 0 aliphatic carbocycles. The molecular weight excluding hydrogens is 333 g/mol. The van der Waals surface area contributed by atoms with Crippen molar-refractivity contribution < 1.29 is 22.3 Å². The zero-order valence-corrected chi connectivity index (χ0v) is 14.0. The molecule has 0 aliphatic rings. The van der Waals surface area contributed by atoms with Gasteiger partial charge in [0.1, 0.15) is 11.6 Å². The Balaban J connectivity index is 1.86. The summed E-state index contributed by atoms with van der Waals surface area (Å²) in [7, 11) is -3.47. The summed E-state index contributed by atoms with van der Waals surface area (Å²) < 4.78 is 42.1. The lowest BCUT2D eigenvalue weighted by Gasteiger charge is -2.09. The number of nitrogens with one attached hydrogen (secondary N) is 1. The molecule has 0 heterocycles. The molecule has 0 aliphatic heterocycles. The number of benzene rings is 2. The molecular formula is C17H18FNO4S. The van der Waals surface area contributed by atoms with Crippen molar-refractivity contribution in [3.05, 3.63) is 54.3 Å². The molecule has 2 aromatic rings. The SMILES string of the molecule is CS(=O)(=O)c1ccc(F)c(NC(=O)CCCOc2ccccc2)c1. The number of halogens is 1. The highest BCUT2D eigenvalue weighted by atomic mass is 32.2. The summed E-state index contributed by atoms with van der Waals surface area (Å²) in [5.41, 5.74) is -0.146. The van der Waals surface area contributed by atoms with Crippen LogP contribution in [0.3, 0.4) is 0 Å². The second-order valence-corrected chi connectivity index (χ2v) is 7.24. The highest BCUT2D eigenvalue weighted by molar-refractivity contribution is 7.90. The third kappa shape index (κ3) is 5.34. The Morgan fingerprint density at radius 3 is 2.54 bits per heavy atom. The Morgan fingerprint density at radius 1 is 1.17 bits per heavy atom. The van der Waals surface area contributed by atoms with Crippen LogP contribution in [0.15, 0.2) is 53.4 Å². The predicted molar refractivity (Wildman–Crippen MR) is 89.3 cm³/mol. The minimum absolute atomic E-state index is 0.0494. The van der Waals surface area contributed by atoms with E-state index in [1.54, 1.807) is 0 Å². The van der Waals surface area contributed by atoms with E-state index >= 15 is 0 Å². The van der Waals surface area contributed by atoms with E-state index in [1.807, 2.05) is 30.3 Å². The van der Waals surface area contributed by atoms with Gasteiger partial charge in [-0.1, -0.05) is 18.2 Å². The smallest absolute Gasteiger partial charge is 0.224 e. The van der Waals surface area contributed by atoms with Crippen LogP contribution in [-0.2, 0) is 14.6 Å². The Kier molecular flexibility index (Phi) is 5.92. The first-order chi connectivity index (χ1) is 11.4. The van der Waals surface area contributed by atoms with Crippen LogP contribution in [0.5, 0.6) is 5.75 Å². The fourth-order valence-electron chi connectivity index (χ4n) is 1.98. The molecule has 7 heteroatoms. The number of rotatable bonds is 7. The number of para-hydroxylation sites is 1. The van der Waals surface area contributed by atoms with Crippen molar-refractivity contribution in [1.29, 1.82) is 0 Å². The number of hydrogen-bond donors (Lipinski definition) is 1. The third-order valence-electron chi connectivity index (χ3n) is 3.20. The standard InChI is InChI=1S/C17H18FNO4S/c1-24(21,22)14-9-10-15(18)16(12-14)19-17(20)8-5-11-23-13-6-3-2-4-7-13/h2-4,6-7,9-10,12H,5,8,11H2,1H3,(H,19,20). The van der Waals surface area contributed by atoms with Crippen molar-refractivity contribution in [2.45, 2.75) is 17.7 Å². The lowest BCUT2D eigenvalue weighted by molar-refractivity contribution is -0.116. The van der Waals surface area contributed by atoms with Crippen molar-refractivity contribution in [3.63, 3.8) is 0 Å². The Morgan fingerprint density at radius 2 is 1.88 bits per heavy atom. The maximum Gasteiger partial charge on any atom is 0.224 e. The molecule has 0 radical (unpaired) electrons. The van der Waals surface area contributed by atoms with Crippen molar-refractivity contribution in [2.75, 3.05) is 18.2 Å². The van der Waals surface area contributed by atoms with Gasteiger partial charge in [0.2, 0.25) is 5.91 Å². The maximum atomic E-state index is 13.7. The highest BCUT2D eigenvalue weighted by Gasteiger charge is 2.13. The van der Waals surface area contributed by atoms with Crippen LogP contribution >= 0.6 is 0 Å². The summed E-state index contributed by atoms with van der Waals surface area (Å²) in [6.45, 7) is 0.350. The molecule has 0 spiro atoms. The highest BCUT2D eigenvalue weighted by Crippen LogP contribution is 2.20. The van der Waals surface area contributed by atoms with Crippen LogP contribution in [0, 0.1) is 5.82 Å². The minimum Gasteiger partial charge on any atom is -0.494 e. The van der Waals surface area contributed by atoms with E-state index in [9.17, 15) is 17.6 Å². The molecule has 0 saturated heterocycles. The average molecular weight is 351 g/mol. The predicted octanol–water partition coefficient (Wildman–Crippen LogP) is 3.03. The topological polar surface area (TPSA) is 72.5 Å². The molecule has 0 aromatic heterocycles. The normalized spacial score (nSPS) is 11.1. The summed E-state index contributed by atoms with van der Waals surface area (Å²) >= 11 is 0. The first kappa shape index (κ1) is 17.9. The van der Waals surface area contributed by atoms with Crippen molar-refractivity contribution in [3.8, 4) is 5.75 Å². The van der Waals surface area contributed by atoms with Gasteiger partial charge in [-0.2, -0.15) is 0 Å². The number of ether oxygens (including phenoxy) is 1. The van der Waals surface area contributed by atoms with Gasteiger partial charge in [-0.05, 0) is 36.8 Å². The van der Waals surface area contributed by atoms with Gasteiger partial charge < -0.3 is 10.1 Å². The average Bonchev–Trinajstić information content (AvgIpc) is 2.53. The molecule has 0 saturated carbocycles. The van der Waals surface area contributed by atoms with Crippen LogP contribution in [0.25, 0.3) is 0 Å². The lowest BCUT2D eigenvalue weighted by Crippen LogP contribution is -2.14. The van der Waals surface area contributed by atoms with Crippen molar-refractivity contribution >= 4 is 21.4 Å². The maximum absolute atomic E-state index is 13.7. The molecule has 0 atom stereocenters. The summed E-state index contributed by atoms with van der Waals surface area (Å²) in [5, 5.41) is 2.39. The van der Waals surface area contributed by atoms with Gasteiger partial charge in [-0.15, -0.1) is 0 Å². The van der Waals surface area contributed by atoms with Gasteiger partial charge in [0.15, 0.2) is 9.84 Å². The van der Waals surface area contributed by atoms with E-state index in [1.165, 1.54) is 0 Å². The summed E-state index contributed by atoms with van der Waals surface area (Å²) in [6.07, 6.45) is 1.61. The molecule has 0 bridgehead atoms. The Hall–Kier alpha value is -2.41. The first-order valence-corrected chi connectivity index (χ1v) is 9.23. The fourth-order valence-corrected chi connectivity index (χ4v) is 2.63. The molecule has 1 N–H and O–H groups in total. The van der Waals surface area contributed by atoms with Gasteiger partial charge in [0, 0.05) is 12.7 Å². The van der Waals surface area contributed by atoms with Crippen molar-refractivity contribution in [2.24, 2.45) is 0 Å². The molecule has 0 unspecified atom stereocenters. The lowest BCUT2D eigenvalue weighted by atomic mass is 10.2. The van der Waals surface area contributed by atoms with Crippen LogP contribution in [-0.4, -0.2) is 27.2 Å². The van der Waals surface area contributed by atoms with Gasteiger partial charge in [-0.25, -0.2) is 12.8 Å². The summed E-state index contributed by atoms with van der Waals surface area (Å²) in [6, 6.07) is 12.5. The molecule has 5 nitrogen and oxygen atoms in total. The largest absolute Gasteiger partial charge is 0.494 e. The van der Waals surface area contributed by atoms with E-state index in [2.05, 4.69) is 5.32 Å². The number of carbonyl (C=O) groups excluding carboxylic acids is 1. The van der Waals surface area contributed by atoms with Crippen LogP contribution in [0.4, 0.5) is 10.1 Å². The second-order valence-electron chi connectivity index (χ2n) is 5.23. The number of carbonyl (C=O) groups is 1. The number of sulfone groups is 1. The van der Waals surface area contributed by atoms with Crippen LogP contribution < -0.4 is 10.1 Å². The molecule has 0 fully saturated rings. The third-order valence-corrected chi connectivity index (χ3v) is 4.31. The molecule has 2 aromatic carbocycles. The van der Waals surface area contributed by atoms with Crippen LogP contribution in [0.1, 0.15) is 12.8 Å². The minimum atomic E-state index is -3.47. The zero-order chi connectivity index (χ0) is 17.6. The van der Waals surface area contributed by atoms with E-state index in [-0.39, 0.29) is 17.0 Å². The number of anilines is 1. The quantitative estimate of drug-likeness (QED) is 0.615. The number of amides is 1. The Bertz CT molecular complexity index is 807. The van der Waals surface area contributed by atoms with Crippen molar-refractivity contribution in [1.82, 2.24) is 0 Å². The van der Waals surface area contributed by atoms with Gasteiger partial charge in [-0.3, -0.25) is 4.79 Å². The molecule has 2 rings (SSSR count). The summed E-state index contributed by atoms with van der Waals surface area (Å²) in [4.78, 5) is 11.8. The van der Waals surface area contributed by atoms with E-state index in [0.717, 1.165) is 24.5 Å². The second kappa shape index (κ2) is 7.92. The van der Waals surface area contributed by atoms with Crippen LogP contribution in [0.2, 0.25) is 0 Å². The number of hydrogen-bond acceptors (Lipinski definition) is 4. The zero-order valence-electron chi connectivity index (χ0n) is 13.2. The van der Waals surface area contributed by atoms with Gasteiger partial charge in [0.25, 0.3) is 0 Å². The van der Waals surface area contributed by atoms with E-state index < -0.39 is 21.6 Å². The molecule has 24 heavy (non-hydrogen) atoms. The van der Waals surface area contributed by atoms with Gasteiger partial charge in [0.05, 0.1) is 17.2 Å². The van der Waals surface area contributed by atoms with Gasteiger partial charge >= 0.3 is 0 Å².